The maximum absolute atomic E-state index is 4.60. The summed E-state index contributed by atoms with van der Waals surface area (Å²) in [4.78, 5) is 0. The molecule has 2 heteroatoms. The van der Waals surface area contributed by atoms with Crippen molar-refractivity contribution in [3.05, 3.63) is 0 Å². The van der Waals surface area contributed by atoms with Gasteiger partial charge in [-0.3, -0.25) is 0 Å². The normalized spacial score (nSPS) is 14.1. The molecule has 0 atom stereocenters. The molecule has 108 valence electrons. The molecule has 0 aromatic rings. The van der Waals surface area contributed by atoms with Crippen LogP contribution in [0.5, 0.6) is 0 Å². The molecule has 0 aliphatic rings. The third kappa shape index (κ3) is 9.61. The molecular weight excluding hydrogens is 220 g/mol. The van der Waals surface area contributed by atoms with E-state index in [1.54, 1.807) is 0 Å². The Morgan fingerprint density at radius 2 is 0.944 bits per heavy atom. The maximum atomic E-state index is 4.60. The SMILES string of the molecule is CC(C)CCC(C)(C)/N=N/C(C)(C)CCC(C)C. The van der Waals surface area contributed by atoms with Gasteiger partial charge < -0.3 is 0 Å². The molecule has 0 amide bonds. The molecule has 0 aromatic carbocycles. The first kappa shape index (κ1) is 17.6. The van der Waals surface area contributed by atoms with E-state index < -0.39 is 0 Å². The van der Waals surface area contributed by atoms with Gasteiger partial charge in [-0.05, 0) is 65.2 Å². The van der Waals surface area contributed by atoms with Gasteiger partial charge in [-0.15, -0.1) is 0 Å². The zero-order chi connectivity index (χ0) is 14.4. The van der Waals surface area contributed by atoms with E-state index in [2.05, 4.69) is 65.6 Å². The van der Waals surface area contributed by atoms with Gasteiger partial charge in [-0.1, -0.05) is 27.7 Å². The van der Waals surface area contributed by atoms with Gasteiger partial charge in [0, 0.05) is 0 Å². The Morgan fingerprint density at radius 1 is 0.667 bits per heavy atom. The van der Waals surface area contributed by atoms with Crippen molar-refractivity contribution < 1.29 is 0 Å². The summed E-state index contributed by atoms with van der Waals surface area (Å²) in [6, 6.07) is 0. The number of rotatable bonds is 8. The van der Waals surface area contributed by atoms with Crippen molar-refractivity contribution in [1.82, 2.24) is 0 Å². The molecule has 0 rings (SSSR count). The van der Waals surface area contributed by atoms with Crippen molar-refractivity contribution in [2.24, 2.45) is 22.1 Å². The molecule has 0 aliphatic carbocycles. The Bertz CT molecular complexity index is 224. The smallest absolute Gasteiger partial charge is 0.0760 e. The molecule has 0 radical (unpaired) electrons. The number of nitrogens with zero attached hydrogens (tertiary/aromatic N) is 2. The van der Waals surface area contributed by atoms with Crippen LogP contribution in [0.25, 0.3) is 0 Å². The van der Waals surface area contributed by atoms with Crippen molar-refractivity contribution in [3.8, 4) is 0 Å². The molecule has 0 bridgehead atoms. The van der Waals surface area contributed by atoms with Crippen molar-refractivity contribution in [3.63, 3.8) is 0 Å². The van der Waals surface area contributed by atoms with E-state index in [-0.39, 0.29) is 11.1 Å². The molecule has 0 spiro atoms. The van der Waals surface area contributed by atoms with E-state index in [4.69, 9.17) is 0 Å². The van der Waals surface area contributed by atoms with Gasteiger partial charge in [-0.2, -0.15) is 10.2 Å². The average molecular weight is 254 g/mol. The predicted octanol–water partition coefficient (Wildman–Crippen LogP) is 5.87. The van der Waals surface area contributed by atoms with Crippen LogP contribution in [0.3, 0.4) is 0 Å². The maximum Gasteiger partial charge on any atom is 0.0760 e. The molecule has 0 fully saturated rings. The summed E-state index contributed by atoms with van der Waals surface area (Å²) in [6.07, 6.45) is 4.68. The van der Waals surface area contributed by atoms with Crippen LogP contribution < -0.4 is 0 Å². The summed E-state index contributed by atoms with van der Waals surface area (Å²) in [6.45, 7) is 17.8. The van der Waals surface area contributed by atoms with Crippen LogP contribution in [0.1, 0.15) is 81.1 Å². The van der Waals surface area contributed by atoms with Crippen LogP contribution in [0.2, 0.25) is 0 Å². The number of hydrogen-bond acceptors (Lipinski definition) is 2. The van der Waals surface area contributed by atoms with Crippen LogP contribution in [0.15, 0.2) is 10.2 Å². The van der Waals surface area contributed by atoms with Crippen LogP contribution in [0.4, 0.5) is 0 Å². The Labute approximate surface area is 115 Å². The molecule has 0 N–H and O–H groups in total. The standard InChI is InChI=1S/C16H34N2/c1-13(2)9-11-15(5,6)17-18-16(7,8)12-10-14(3)4/h13-14H,9-12H2,1-8H3/b18-17+. The fourth-order valence-electron chi connectivity index (χ4n) is 1.65. The molecule has 0 heterocycles. The first-order valence-corrected chi connectivity index (χ1v) is 7.48. The number of hydrogen-bond donors (Lipinski definition) is 0. The monoisotopic (exact) mass is 254 g/mol. The average Bonchev–Trinajstić information content (AvgIpc) is 2.22. The third-order valence-corrected chi connectivity index (χ3v) is 3.26. The summed E-state index contributed by atoms with van der Waals surface area (Å²) in [5.41, 5.74) is -0.0290. The lowest BCUT2D eigenvalue weighted by Crippen LogP contribution is -2.21. The topological polar surface area (TPSA) is 24.7 Å². The molecule has 0 unspecified atom stereocenters. The van der Waals surface area contributed by atoms with Gasteiger partial charge in [0.15, 0.2) is 0 Å². The zero-order valence-electron chi connectivity index (χ0n) is 13.9. The fraction of sp³-hybridized carbons (Fsp3) is 1.00. The predicted molar refractivity (Wildman–Crippen MR) is 81.2 cm³/mol. The van der Waals surface area contributed by atoms with Crippen LogP contribution in [-0.2, 0) is 0 Å². The van der Waals surface area contributed by atoms with Crippen molar-refractivity contribution in [2.75, 3.05) is 0 Å². The van der Waals surface area contributed by atoms with E-state index in [1.807, 2.05) is 0 Å². The molecule has 0 saturated heterocycles. The first-order valence-electron chi connectivity index (χ1n) is 7.48. The molecular formula is C16H34N2. The van der Waals surface area contributed by atoms with E-state index in [9.17, 15) is 0 Å². The first-order chi connectivity index (χ1) is 8.04. The second-order valence-corrected chi connectivity index (χ2v) is 7.69. The Balaban J connectivity index is 4.32. The molecule has 0 aromatic heterocycles. The molecule has 0 aliphatic heterocycles. The van der Waals surface area contributed by atoms with Gasteiger partial charge in [0.25, 0.3) is 0 Å². The Morgan fingerprint density at radius 3 is 1.17 bits per heavy atom. The fourth-order valence-corrected chi connectivity index (χ4v) is 1.65. The summed E-state index contributed by atoms with van der Waals surface area (Å²) in [7, 11) is 0. The highest BCUT2D eigenvalue weighted by atomic mass is 15.2. The van der Waals surface area contributed by atoms with Crippen molar-refractivity contribution >= 4 is 0 Å². The second kappa shape index (κ2) is 7.25. The third-order valence-electron chi connectivity index (χ3n) is 3.26. The highest BCUT2D eigenvalue weighted by Gasteiger charge is 2.21. The van der Waals surface area contributed by atoms with Gasteiger partial charge in [0.1, 0.15) is 0 Å². The highest BCUT2D eigenvalue weighted by molar-refractivity contribution is 4.81. The lowest BCUT2D eigenvalue weighted by Gasteiger charge is -2.24. The lowest BCUT2D eigenvalue weighted by molar-refractivity contribution is 0.350. The van der Waals surface area contributed by atoms with Gasteiger partial charge >= 0.3 is 0 Å². The van der Waals surface area contributed by atoms with Crippen molar-refractivity contribution in [2.45, 2.75) is 92.2 Å². The summed E-state index contributed by atoms with van der Waals surface area (Å²) in [5, 5.41) is 9.21. The number of azo groups is 1. The Kier molecular flexibility index (Phi) is 7.09. The van der Waals surface area contributed by atoms with Crippen LogP contribution >= 0.6 is 0 Å². The van der Waals surface area contributed by atoms with Gasteiger partial charge in [0.2, 0.25) is 0 Å². The van der Waals surface area contributed by atoms with Gasteiger partial charge in [0.05, 0.1) is 11.1 Å². The zero-order valence-corrected chi connectivity index (χ0v) is 13.9. The second-order valence-electron chi connectivity index (χ2n) is 7.69. The van der Waals surface area contributed by atoms with Crippen LogP contribution in [-0.4, -0.2) is 11.1 Å². The van der Waals surface area contributed by atoms with Crippen molar-refractivity contribution in [1.29, 1.82) is 0 Å². The van der Waals surface area contributed by atoms with Crippen LogP contribution in [0, 0.1) is 11.8 Å². The molecule has 2 nitrogen and oxygen atoms in total. The van der Waals surface area contributed by atoms with E-state index in [1.165, 1.54) is 12.8 Å². The van der Waals surface area contributed by atoms with Gasteiger partial charge in [-0.25, -0.2) is 0 Å². The lowest BCUT2D eigenvalue weighted by atomic mass is 9.94. The minimum absolute atomic E-state index is 0.0145. The summed E-state index contributed by atoms with van der Waals surface area (Å²) in [5.74, 6) is 1.49. The molecule has 18 heavy (non-hydrogen) atoms. The van der Waals surface area contributed by atoms with E-state index >= 15 is 0 Å². The Hall–Kier alpha value is -0.400. The quantitative estimate of drug-likeness (QED) is 0.484. The highest BCUT2D eigenvalue weighted by Crippen LogP contribution is 2.25. The minimum Gasteiger partial charge on any atom is -0.187 e. The van der Waals surface area contributed by atoms with E-state index in [0.29, 0.717) is 0 Å². The largest absolute Gasteiger partial charge is 0.187 e. The molecule has 0 saturated carbocycles. The van der Waals surface area contributed by atoms with E-state index in [0.717, 1.165) is 24.7 Å². The summed E-state index contributed by atoms with van der Waals surface area (Å²) < 4.78 is 0. The minimum atomic E-state index is -0.0145. The summed E-state index contributed by atoms with van der Waals surface area (Å²) >= 11 is 0.